The van der Waals surface area contributed by atoms with Crippen LogP contribution >= 0.6 is 0 Å². The minimum Gasteiger partial charge on any atom is -0.368 e. The largest absolute Gasteiger partial charge is 0.368 e. The molecule has 0 unspecified atom stereocenters. The molecular weight excluding hydrogens is 402 g/mol. The van der Waals surface area contributed by atoms with Gasteiger partial charge in [0.1, 0.15) is 6.10 Å². The van der Waals surface area contributed by atoms with Crippen LogP contribution in [0.1, 0.15) is 38.7 Å². The third kappa shape index (κ3) is 4.56. The number of benzene rings is 1. The van der Waals surface area contributed by atoms with E-state index in [0.29, 0.717) is 45.6 Å². The summed E-state index contributed by atoms with van der Waals surface area (Å²) in [5.41, 5.74) is 2.65. The molecule has 1 aromatic carbocycles. The van der Waals surface area contributed by atoms with Crippen LogP contribution in [0.3, 0.4) is 0 Å². The summed E-state index contributed by atoms with van der Waals surface area (Å²) in [5.74, 6) is 0.192. The molecule has 6 nitrogen and oxygen atoms in total. The zero-order chi connectivity index (χ0) is 22.6. The summed E-state index contributed by atoms with van der Waals surface area (Å²) in [4.78, 5) is 34.8. The molecule has 0 radical (unpaired) electrons. The lowest BCUT2D eigenvalue weighted by atomic mass is 9.79. The van der Waals surface area contributed by atoms with Crippen LogP contribution in [0.25, 0.3) is 11.1 Å². The summed E-state index contributed by atoms with van der Waals surface area (Å²) in [6.45, 7) is 7.09. The number of hydrogen-bond donors (Lipinski definition) is 0. The molecule has 0 bridgehead atoms. The topological polar surface area (TPSA) is 62.7 Å². The van der Waals surface area contributed by atoms with Crippen LogP contribution in [0.15, 0.2) is 48.8 Å². The molecule has 6 heteroatoms. The Labute approximate surface area is 190 Å². The van der Waals surface area contributed by atoms with Crippen LogP contribution in [0, 0.1) is 5.41 Å². The quantitative estimate of drug-likeness (QED) is 0.667. The maximum atomic E-state index is 13.7. The number of ether oxygens (including phenoxy) is 1. The Bertz CT molecular complexity index is 938. The zero-order valence-corrected chi connectivity index (χ0v) is 19.1. The van der Waals surface area contributed by atoms with Gasteiger partial charge in [-0.05, 0) is 62.3 Å². The molecule has 2 aliphatic rings. The van der Waals surface area contributed by atoms with Crippen molar-refractivity contribution in [1.82, 2.24) is 14.8 Å². The number of carbonyl (C=O) groups is 2. The Kier molecular flexibility index (Phi) is 6.89. The van der Waals surface area contributed by atoms with Crippen molar-refractivity contribution in [2.45, 2.75) is 45.6 Å². The number of likely N-dealkylation sites (tertiary alicyclic amines) is 1. The Balaban J connectivity index is 1.61. The van der Waals surface area contributed by atoms with Crippen molar-refractivity contribution in [3.05, 3.63) is 54.4 Å². The van der Waals surface area contributed by atoms with E-state index in [4.69, 9.17) is 4.74 Å². The lowest BCUT2D eigenvalue weighted by Crippen LogP contribution is -2.48. The average Bonchev–Trinajstić information content (AvgIpc) is 3.52. The van der Waals surface area contributed by atoms with Gasteiger partial charge >= 0.3 is 0 Å². The van der Waals surface area contributed by atoms with Gasteiger partial charge in [-0.1, -0.05) is 30.3 Å². The molecule has 2 aliphatic heterocycles. The molecule has 32 heavy (non-hydrogen) atoms. The molecule has 2 amide bonds. The van der Waals surface area contributed by atoms with E-state index in [1.165, 1.54) is 0 Å². The van der Waals surface area contributed by atoms with Crippen molar-refractivity contribution in [2.75, 3.05) is 32.8 Å². The van der Waals surface area contributed by atoms with Crippen molar-refractivity contribution in [2.24, 2.45) is 5.41 Å². The van der Waals surface area contributed by atoms with E-state index in [1.807, 2.05) is 48.0 Å². The molecule has 2 fully saturated rings. The van der Waals surface area contributed by atoms with E-state index in [1.54, 1.807) is 6.20 Å². The smallest absolute Gasteiger partial charge is 0.251 e. The van der Waals surface area contributed by atoms with Crippen molar-refractivity contribution >= 4 is 11.8 Å². The monoisotopic (exact) mass is 435 g/mol. The molecule has 2 saturated heterocycles. The van der Waals surface area contributed by atoms with Crippen molar-refractivity contribution in [3.63, 3.8) is 0 Å². The molecule has 0 spiro atoms. The molecule has 2 aromatic rings. The van der Waals surface area contributed by atoms with E-state index >= 15 is 0 Å². The Morgan fingerprint density at radius 3 is 2.69 bits per heavy atom. The summed E-state index contributed by atoms with van der Waals surface area (Å²) in [5, 5.41) is 0. The highest BCUT2D eigenvalue weighted by atomic mass is 16.5. The maximum Gasteiger partial charge on any atom is 0.251 e. The predicted molar refractivity (Wildman–Crippen MR) is 124 cm³/mol. The van der Waals surface area contributed by atoms with Gasteiger partial charge in [0.2, 0.25) is 5.91 Å². The normalized spacial score (nSPS) is 22.8. The summed E-state index contributed by atoms with van der Waals surface area (Å²) < 4.78 is 5.64. The minimum atomic E-state index is -0.603. The second-order valence-corrected chi connectivity index (χ2v) is 8.89. The number of hydrogen-bond acceptors (Lipinski definition) is 4. The number of nitrogens with zero attached hydrogens (tertiary/aromatic N) is 3. The fourth-order valence-electron chi connectivity index (χ4n) is 5.06. The average molecular weight is 436 g/mol. The van der Waals surface area contributed by atoms with E-state index in [-0.39, 0.29) is 17.9 Å². The summed E-state index contributed by atoms with van der Waals surface area (Å²) in [7, 11) is 0. The number of pyridine rings is 1. The van der Waals surface area contributed by atoms with E-state index in [2.05, 4.69) is 23.2 Å². The van der Waals surface area contributed by atoms with Gasteiger partial charge in [-0.2, -0.15) is 0 Å². The first-order valence-electron chi connectivity index (χ1n) is 11.8. The van der Waals surface area contributed by atoms with Gasteiger partial charge in [0.05, 0.1) is 5.41 Å². The lowest BCUT2D eigenvalue weighted by molar-refractivity contribution is -0.144. The first kappa shape index (κ1) is 22.5. The molecule has 2 atom stereocenters. The fourth-order valence-corrected chi connectivity index (χ4v) is 5.06. The summed E-state index contributed by atoms with van der Waals surface area (Å²) in [6.07, 6.45) is 6.28. The van der Waals surface area contributed by atoms with Crippen molar-refractivity contribution in [1.29, 1.82) is 0 Å². The second kappa shape index (κ2) is 9.82. The fraction of sp³-hybridized carbons (Fsp3) is 0.500. The first-order valence-corrected chi connectivity index (χ1v) is 11.8. The minimum absolute atomic E-state index is 0.0424. The van der Waals surface area contributed by atoms with Gasteiger partial charge in [-0.15, -0.1) is 0 Å². The van der Waals surface area contributed by atoms with Crippen molar-refractivity contribution in [3.8, 4) is 11.1 Å². The van der Waals surface area contributed by atoms with E-state index < -0.39 is 5.41 Å². The molecule has 170 valence electrons. The maximum absolute atomic E-state index is 13.7. The summed E-state index contributed by atoms with van der Waals surface area (Å²) >= 11 is 0. The number of amides is 2. The Morgan fingerprint density at radius 2 is 2.00 bits per heavy atom. The Morgan fingerprint density at radius 1 is 1.19 bits per heavy atom. The highest BCUT2D eigenvalue weighted by Crippen LogP contribution is 2.38. The van der Waals surface area contributed by atoms with Gasteiger partial charge < -0.3 is 14.5 Å². The number of carbonyl (C=O) groups excluding carboxylic acids is 2. The van der Waals surface area contributed by atoms with Crippen LogP contribution < -0.4 is 0 Å². The third-order valence-electron chi connectivity index (χ3n) is 6.84. The zero-order valence-electron chi connectivity index (χ0n) is 19.1. The van der Waals surface area contributed by atoms with Crippen LogP contribution in [0.5, 0.6) is 0 Å². The van der Waals surface area contributed by atoms with Crippen molar-refractivity contribution < 1.29 is 14.3 Å². The third-order valence-corrected chi connectivity index (χ3v) is 6.84. The van der Waals surface area contributed by atoms with E-state index in [0.717, 1.165) is 29.5 Å². The molecule has 3 heterocycles. The highest BCUT2D eigenvalue weighted by Gasteiger charge is 2.48. The molecule has 4 rings (SSSR count). The number of aromatic nitrogens is 1. The second-order valence-electron chi connectivity index (χ2n) is 8.89. The van der Waals surface area contributed by atoms with Crippen LogP contribution in [0.2, 0.25) is 0 Å². The van der Waals surface area contributed by atoms with E-state index in [9.17, 15) is 9.59 Å². The lowest BCUT2D eigenvalue weighted by Gasteiger charge is -2.34. The van der Waals surface area contributed by atoms with Gasteiger partial charge in [0.25, 0.3) is 5.91 Å². The van der Waals surface area contributed by atoms with Gasteiger partial charge in [0, 0.05) is 45.2 Å². The van der Waals surface area contributed by atoms with Gasteiger partial charge in [0.15, 0.2) is 0 Å². The first-order chi connectivity index (χ1) is 15.6. The molecular formula is C26H33N3O3. The van der Waals surface area contributed by atoms with Crippen LogP contribution in [0.4, 0.5) is 0 Å². The molecule has 0 saturated carbocycles. The molecule has 0 N–H and O–H groups in total. The standard InChI is InChI=1S/C26H33N3O3/c1-3-28(4-2)25(31)26(12-14-29(19-26)24(30)23-11-7-15-32-23)17-20-8-5-9-21(16-20)22-10-6-13-27-18-22/h5-6,8-10,13,16,18,23H,3-4,7,11-12,14-15,17,19H2,1-2H3/t23-,26-/m1/s1. The molecule has 0 aliphatic carbocycles. The predicted octanol–water partition coefficient (Wildman–Crippen LogP) is 3.56. The number of rotatable bonds is 7. The van der Waals surface area contributed by atoms with Crippen LogP contribution in [-0.4, -0.2) is 65.5 Å². The highest BCUT2D eigenvalue weighted by molar-refractivity contribution is 5.87. The molecule has 1 aromatic heterocycles. The Hall–Kier alpha value is -2.73. The SMILES string of the molecule is CCN(CC)C(=O)[C@@]1(Cc2cccc(-c3cccnc3)c2)CCN(C(=O)[C@H]2CCCO2)C1. The van der Waals surface area contributed by atoms with Gasteiger partial charge in [-0.3, -0.25) is 14.6 Å². The van der Waals surface area contributed by atoms with Gasteiger partial charge in [-0.25, -0.2) is 0 Å². The van der Waals surface area contributed by atoms with Crippen LogP contribution in [-0.2, 0) is 20.7 Å². The summed E-state index contributed by atoms with van der Waals surface area (Å²) in [6, 6.07) is 12.3.